The number of hydrogen-bond donors (Lipinski definition) is 2. The van der Waals surface area contributed by atoms with E-state index in [-0.39, 0.29) is 0 Å². The first-order valence-corrected chi connectivity index (χ1v) is 4.31. The van der Waals surface area contributed by atoms with E-state index in [4.69, 9.17) is 4.89 Å². The van der Waals surface area contributed by atoms with E-state index in [9.17, 15) is 0 Å². The molecule has 0 radical (unpaired) electrons. The third-order valence-corrected chi connectivity index (χ3v) is 2.41. The van der Waals surface area contributed by atoms with E-state index in [1.807, 2.05) is 0 Å². The lowest BCUT2D eigenvalue weighted by atomic mass is 11.8. The van der Waals surface area contributed by atoms with E-state index >= 15 is 0 Å². The SMILES string of the molecule is CO[P+](O)(S)OC. The van der Waals surface area contributed by atoms with Crippen LogP contribution in [0.25, 0.3) is 0 Å². The van der Waals surface area contributed by atoms with E-state index < -0.39 is 7.15 Å². The van der Waals surface area contributed by atoms with E-state index in [2.05, 4.69) is 21.3 Å². The van der Waals surface area contributed by atoms with Gasteiger partial charge in [0.1, 0.15) is 0 Å². The Morgan fingerprint density at radius 3 is 1.71 bits per heavy atom. The van der Waals surface area contributed by atoms with Gasteiger partial charge in [-0.1, -0.05) is 0 Å². The summed E-state index contributed by atoms with van der Waals surface area (Å²) in [7, 11) is -0.0347. The summed E-state index contributed by atoms with van der Waals surface area (Å²) in [5, 5.41) is 0. The molecule has 0 aliphatic heterocycles. The average molecular weight is 143 g/mol. The van der Waals surface area contributed by atoms with Crippen molar-refractivity contribution in [1.82, 2.24) is 0 Å². The standard InChI is InChI=1S/C2H8O3PS/c1-4-6(3,7)5-2/h3,7H,1-2H3/q+1. The highest BCUT2D eigenvalue weighted by atomic mass is 32.7. The monoisotopic (exact) mass is 143 g/mol. The van der Waals surface area contributed by atoms with Gasteiger partial charge in [0, 0.05) is 0 Å². The fourth-order valence-electron chi connectivity index (χ4n) is 0.0745. The fraction of sp³-hybridized carbons (Fsp3) is 1.00. The van der Waals surface area contributed by atoms with Crippen LogP contribution in [0.3, 0.4) is 0 Å². The molecule has 0 unspecified atom stereocenters. The molecule has 5 heteroatoms. The summed E-state index contributed by atoms with van der Waals surface area (Å²) in [5.41, 5.74) is 0. The van der Waals surface area contributed by atoms with Crippen molar-refractivity contribution in [1.29, 1.82) is 0 Å². The summed E-state index contributed by atoms with van der Waals surface area (Å²) in [6.07, 6.45) is 0. The van der Waals surface area contributed by atoms with Gasteiger partial charge in [0.25, 0.3) is 0 Å². The summed E-state index contributed by atoms with van der Waals surface area (Å²) in [6, 6.07) is 0. The summed E-state index contributed by atoms with van der Waals surface area (Å²) < 4.78 is 8.79. The molecule has 3 nitrogen and oxygen atoms in total. The zero-order chi connectivity index (χ0) is 5.91. The van der Waals surface area contributed by atoms with Crippen molar-refractivity contribution < 1.29 is 13.9 Å². The molecular formula is C2H8O3PS+. The van der Waals surface area contributed by atoms with Crippen molar-refractivity contribution in [2.45, 2.75) is 0 Å². The molecule has 0 saturated heterocycles. The first-order chi connectivity index (χ1) is 3.12. The predicted octanol–water partition coefficient (Wildman–Crippen LogP) is 0.879. The topological polar surface area (TPSA) is 38.7 Å². The van der Waals surface area contributed by atoms with Crippen LogP contribution in [0.1, 0.15) is 0 Å². The van der Waals surface area contributed by atoms with Crippen LogP contribution in [0.15, 0.2) is 0 Å². The van der Waals surface area contributed by atoms with Crippen LogP contribution in [0.2, 0.25) is 0 Å². The molecule has 0 saturated carbocycles. The summed E-state index contributed by atoms with van der Waals surface area (Å²) in [6.45, 7) is 0. The van der Waals surface area contributed by atoms with Gasteiger partial charge >= 0.3 is 7.15 Å². The summed E-state index contributed by atoms with van der Waals surface area (Å²) in [5.74, 6) is 0. The smallest absolute Gasteiger partial charge is 0.183 e. The third-order valence-electron chi connectivity index (χ3n) is 0.476. The molecule has 0 bridgehead atoms. The fourth-order valence-corrected chi connectivity index (χ4v) is 0.224. The number of rotatable bonds is 2. The molecule has 0 spiro atoms. The van der Waals surface area contributed by atoms with Crippen molar-refractivity contribution in [3.8, 4) is 0 Å². The Morgan fingerprint density at radius 2 is 1.71 bits per heavy atom. The van der Waals surface area contributed by atoms with Crippen LogP contribution < -0.4 is 0 Å². The van der Waals surface area contributed by atoms with Gasteiger partial charge in [-0.15, -0.1) is 0 Å². The predicted molar refractivity (Wildman–Crippen MR) is 32.1 cm³/mol. The molecule has 0 rings (SSSR count). The first kappa shape index (κ1) is 7.66. The molecule has 0 amide bonds. The molecule has 0 atom stereocenters. The van der Waals surface area contributed by atoms with Crippen molar-refractivity contribution in [3.05, 3.63) is 0 Å². The summed E-state index contributed by atoms with van der Waals surface area (Å²) in [4.78, 5) is 8.66. The van der Waals surface area contributed by atoms with Crippen molar-refractivity contribution >= 4 is 19.4 Å². The molecule has 0 heterocycles. The van der Waals surface area contributed by atoms with Crippen LogP contribution in [-0.4, -0.2) is 19.1 Å². The van der Waals surface area contributed by atoms with E-state index in [0.29, 0.717) is 0 Å². The molecule has 1 N–H and O–H groups in total. The second-order valence-electron chi connectivity index (χ2n) is 0.856. The van der Waals surface area contributed by atoms with E-state index in [0.717, 1.165) is 0 Å². The molecule has 0 aromatic carbocycles. The maximum atomic E-state index is 8.66. The van der Waals surface area contributed by atoms with Crippen molar-refractivity contribution in [2.75, 3.05) is 14.2 Å². The van der Waals surface area contributed by atoms with Crippen LogP contribution >= 0.6 is 19.4 Å². The minimum Gasteiger partial charge on any atom is -0.183 e. The molecular weight excluding hydrogens is 135 g/mol. The van der Waals surface area contributed by atoms with E-state index in [1.165, 1.54) is 14.2 Å². The van der Waals surface area contributed by atoms with Gasteiger partial charge in [0.05, 0.1) is 26.5 Å². The molecule has 7 heavy (non-hydrogen) atoms. The Morgan fingerprint density at radius 1 is 1.43 bits per heavy atom. The largest absolute Gasteiger partial charge is 0.474 e. The van der Waals surface area contributed by atoms with Gasteiger partial charge in [-0.3, -0.25) is 0 Å². The molecule has 0 aromatic rings. The molecule has 0 aliphatic rings. The van der Waals surface area contributed by atoms with Crippen LogP contribution in [-0.2, 0) is 9.05 Å². The highest BCUT2D eigenvalue weighted by Crippen LogP contribution is 2.59. The highest BCUT2D eigenvalue weighted by Gasteiger charge is 2.31. The zero-order valence-corrected chi connectivity index (χ0v) is 5.95. The van der Waals surface area contributed by atoms with Gasteiger partial charge in [-0.25, -0.2) is 0 Å². The lowest BCUT2D eigenvalue weighted by Crippen LogP contribution is -1.86. The summed E-state index contributed by atoms with van der Waals surface area (Å²) >= 11 is 3.61. The minimum atomic E-state index is -2.71. The third kappa shape index (κ3) is 3.26. The van der Waals surface area contributed by atoms with Crippen LogP contribution in [0.4, 0.5) is 0 Å². The Balaban J connectivity index is 3.36. The second kappa shape index (κ2) is 2.84. The maximum Gasteiger partial charge on any atom is 0.474 e. The van der Waals surface area contributed by atoms with Gasteiger partial charge in [0.2, 0.25) is 0 Å². The Hall–Kier alpha value is 0.660. The van der Waals surface area contributed by atoms with Gasteiger partial charge in [-0.2, -0.15) is 13.9 Å². The Labute approximate surface area is 48.4 Å². The Kier molecular flexibility index (Phi) is 3.11. The van der Waals surface area contributed by atoms with Crippen LogP contribution in [0, 0.1) is 0 Å². The van der Waals surface area contributed by atoms with Crippen LogP contribution in [0.5, 0.6) is 0 Å². The molecule has 0 aliphatic carbocycles. The lowest BCUT2D eigenvalue weighted by molar-refractivity contribution is 0.263. The lowest BCUT2D eigenvalue weighted by Gasteiger charge is -2.01. The average Bonchev–Trinajstić information content (AvgIpc) is 1.68. The normalized spacial score (nSPS) is 12.0. The quantitative estimate of drug-likeness (QED) is 0.445. The molecule has 0 fully saturated rings. The van der Waals surface area contributed by atoms with E-state index in [1.54, 1.807) is 0 Å². The van der Waals surface area contributed by atoms with Gasteiger partial charge < -0.3 is 0 Å². The first-order valence-electron chi connectivity index (χ1n) is 1.58. The number of thiol groups is 1. The van der Waals surface area contributed by atoms with Crippen molar-refractivity contribution in [2.24, 2.45) is 0 Å². The van der Waals surface area contributed by atoms with Crippen molar-refractivity contribution in [3.63, 3.8) is 0 Å². The minimum absolute atomic E-state index is 1.34. The maximum absolute atomic E-state index is 8.66. The molecule has 44 valence electrons. The Bertz CT molecular complexity index is 50.9. The zero-order valence-electron chi connectivity index (χ0n) is 4.16. The van der Waals surface area contributed by atoms with Gasteiger partial charge in [-0.05, 0) is 0 Å². The van der Waals surface area contributed by atoms with Gasteiger partial charge in [0.15, 0.2) is 0 Å². The number of hydrogen-bond acceptors (Lipinski definition) is 4. The second-order valence-corrected chi connectivity index (χ2v) is 4.08. The highest BCUT2D eigenvalue weighted by molar-refractivity contribution is 8.47. The molecule has 0 aromatic heterocycles.